The van der Waals surface area contributed by atoms with Gasteiger partial charge in [-0.15, -0.1) is 0 Å². The van der Waals surface area contributed by atoms with E-state index in [2.05, 4.69) is 10.2 Å². The van der Waals surface area contributed by atoms with E-state index in [1.165, 1.54) is 0 Å². The lowest BCUT2D eigenvalue weighted by atomic mass is 9.97. The molecule has 162 valence electrons. The molecule has 3 aromatic rings. The van der Waals surface area contributed by atoms with Gasteiger partial charge in [0.1, 0.15) is 0 Å². The molecular weight excluding hydrogens is 433 g/mol. The summed E-state index contributed by atoms with van der Waals surface area (Å²) < 4.78 is 5.38. The van der Waals surface area contributed by atoms with E-state index in [4.69, 9.17) is 32.9 Å². The van der Waals surface area contributed by atoms with Crippen LogP contribution in [0.5, 0.6) is 0 Å². The lowest BCUT2D eigenvalue weighted by molar-refractivity contribution is 0.0374. The van der Waals surface area contributed by atoms with Gasteiger partial charge in [0.15, 0.2) is 0 Å². The maximum absolute atomic E-state index is 13.2. The van der Waals surface area contributed by atoms with Gasteiger partial charge in [-0.1, -0.05) is 41.4 Å². The fourth-order valence-corrected chi connectivity index (χ4v) is 4.46. The van der Waals surface area contributed by atoms with Gasteiger partial charge in [-0.25, -0.2) is 4.98 Å². The molecule has 4 rings (SSSR count). The SMILES string of the molecule is Cc1c(-c2ccc(Cl)cc2Cl)nc2ccccc2c1C(=O)NCCCN1CCOCC1. The molecule has 31 heavy (non-hydrogen) atoms. The third-order valence-electron chi connectivity index (χ3n) is 5.59. The average Bonchev–Trinajstić information content (AvgIpc) is 2.77. The van der Waals surface area contributed by atoms with Gasteiger partial charge in [-0.3, -0.25) is 9.69 Å². The number of amides is 1. The lowest BCUT2D eigenvalue weighted by Gasteiger charge is -2.26. The van der Waals surface area contributed by atoms with Crippen molar-refractivity contribution in [2.45, 2.75) is 13.3 Å². The monoisotopic (exact) mass is 457 g/mol. The second kappa shape index (κ2) is 9.96. The first-order valence-electron chi connectivity index (χ1n) is 10.5. The zero-order valence-electron chi connectivity index (χ0n) is 17.5. The van der Waals surface area contributed by atoms with Crippen molar-refractivity contribution < 1.29 is 9.53 Å². The van der Waals surface area contributed by atoms with Crippen molar-refractivity contribution in [3.8, 4) is 11.3 Å². The quantitative estimate of drug-likeness (QED) is 0.530. The minimum Gasteiger partial charge on any atom is -0.379 e. The summed E-state index contributed by atoms with van der Waals surface area (Å²) in [5.74, 6) is -0.0931. The van der Waals surface area contributed by atoms with Gasteiger partial charge < -0.3 is 10.1 Å². The first kappa shape index (κ1) is 22.0. The smallest absolute Gasteiger partial charge is 0.252 e. The van der Waals surface area contributed by atoms with E-state index in [0.29, 0.717) is 27.8 Å². The summed E-state index contributed by atoms with van der Waals surface area (Å²) in [6.45, 7) is 6.95. The number of morpholine rings is 1. The molecule has 1 aliphatic rings. The van der Waals surface area contributed by atoms with Crippen LogP contribution < -0.4 is 5.32 Å². The van der Waals surface area contributed by atoms with E-state index in [1.54, 1.807) is 12.1 Å². The molecule has 0 unspecified atom stereocenters. The molecule has 2 aromatic carbocycles. The molecule has 1 amide bonds. The van der Waals surface area contributed by atoms with Gasteiger partial charge in [-0.05, 0) is 49.7 Å². The highest BCUT2D eigenvalue weighted by atomic mass is 35.5. The van der Waals surface area contributed by atoms with E-state index in [9.17, 15) is 4.79 Å². The number of carbonyl (C=O) groups is 1. The molecule has 7 heteroatoms. The Balaban J connectivity index is 1.60. The van der Waals surface area contributed by atoms with Gasteiger partial charge in [0.05, 0.1) is 35.0 Å². The molecule has 1 N–H and O–H groups in total. The highest BCUT2D eigenvalue weighted by Gasteiger charge is 2.20. The summed E-state index contributed by atoms with van der Waals surface area (Å²) in [6.07, 6.45) is 0.893. The lowest BCUT2D eigenvalue weighted by Crippen LogP contribution is -2.38. The van der Waals surface area contributed by atoms with Crippen LogP contribution in [0.4, 0.5) is 0 Å². The number of halogens is 2. The number of carbonyl (C=O) groups excluding carboxylic acids is 1. The van der Waals surface area contributed by atoms with Crippen LogP contribution in [0.3, 0.4) is 0 Å². The zero-order valence-corrected chi connectivity index (χ0v) is 19.0. The number of pyridine rings is 1. The Hall–Kier alpha value is -2.18. The molecular formula is C24H25Cl2N3O2. The molecule has 1 saturated heterocycles. The fraction of sp³-hybridized carbons (Fsp3) is 0.333. The van der Waals surface area contributed by atoms with Crippen LogP contribution in [0.25, 0.3) is 22.2 Å². The van der Waals surface area contributed by atoms with Crippen molar-refractivity contribution in [2.75, 3.05) is 39.4 Å². The fourth-order valence-electron chi connectivity index (χ4n) is 3.96. The van der Waals surface area contributed by atoms with Gasteiger partial charge in [-0.2, -0.15) is 0 Å². The van der Waals surface area contributed by atoms with Crippen LogP contribution in [0.2, 0.25) is 10.0 Å². The number of hydrogen-bond donors (Lipinski definition) is 1. The van der Waals surface area contributed by atoms with Gasteiger partial charge in [0, 0.05) is 35.6 Å². The normalized spacial score (nSPS) is 14.7. The molecule has 1 fully saturated rings. The molecule has 1 aromatic heterocycles. The molecule has 0 saturated carbocycles. The van der Waals surface area contributed by atoms with Crippen LogP contribution in [0.1, 0.15) is 22.3 Å². The number of hydrogen-bond acceptors (Lipinski definition) is 4. The van der Waals surface area contributed by atoms with E-state index < -0.39 is 0 Å². The van der Waals surface area contributed by atoms with E-state index in [1.807, 2.05) is 37.3 Å². The van der Waals surface area contributed by atoms with Crippen molar-refractivity contribution in [1.29, 1.82) is 0 Å². The third-order valence-corrected chi connectivity index (χ3v) is 6.14. The van der Waals surface area contributed by atoms with Crippen LogP contribution in [0.15, 0.2) is 42.5 Å². The average molecular weight is 458 g/mol. The predicted molar refractivity (Wildman–Crippen MR) is 126 cm³/mol. The molecule has 0 bridgehead atoms. The highest BCUT2D eigenvalue weighted by molar-refractivity contribution is 6.36. The third kappa shape index (κ3) is 5.01. The van der Waals surface area contributed by atoms with Crippen LogP contribution in [0, 0.1) is 6.92 Å². The molecule has 0 aliphatic carbocycles. The Bertz CT molecular complexity index is 1100. The van der Waals surface area contributed by atoms with E-state index in [0.717, 1.165) is 61.3 Å². The minimum absolute atomic E-state index is 0.0931. The van der Waals surface area contributed by atoms with E-state index >= 15 is 0 Å². The summed E-state index contributed by atoms with van der Waals surface area (Å²) in [7, 11) is 0. The molecule has 0 spiro atoms. The number of aromatic nitrogens is 1. The molecule has 5 nitrogen and oxygen atoms in total. The van der Waals surface area contributed by atoms with Crippen molar-refractivity contribution >= 4 is 40.0 Å². The Morgan fingerprint density at radius 3 is 2.71 bits per heavy atom. The summed E-state index contributed by atoms with van der Waals surface area (Å²) >= 11 is 12.5. The number of fused-ring (bicyclic) bond motifs is 1. The van der Waals surface area contributed by atoms with Crippen LogP contribution >= 0.6 is 23.2 Å². The Morgan fingerprint density at radius 1 is 1.16 bits per heavy atom. The number of nitrogens with one attached hydrogen (secondary N) is 1. The first-order valence-corrected chi connectivity index (χ1v) is 11.2. The van der Waals surface area contributed by atoms with Crippen molar-refractivity contribution in [1.82, 2.24) is 15.2 Å². The van der Waals surface area contributed by atoms with Gasteiger partial charge in [0.2, 0.25) is 0 Å². The minimum atomic E-state index is -0.0931. The topological polar surface area (TPSA) is 54.5 Å². The summed E-state index contributed by atoms with van der Waals surface area (Å²) in [6, 6.07) is 13.0. The molecule has 2 heterocycles. The van der Waals surface area contributed by atoms with Crippen LogP contribution in [-0.2, 0) is 4.74 Å². The first-order chi connectivity index (χ1) is 15.0. The Kier molecular flexibility index (Phi) is 7.08. The number of ether oxygens (including phenoxy) is 1. The number of nitrogens with zero attached hydrogens (tertiary/aromatic N) is 2. The van der Waals surface area contributed by atoms with Crippen LogP contribution in [-0.4, -0.2) is 55.2 Å². The Morgan fingerprint density at radius 2 is 1.94 bits per heavy atom. The Labute approximate surface area is 192 Å². The highest BCUT2D eigenvalue weighted by Crippen LogP contribution is 2.34. The number of para-hydroxylation sites is 1. The maximum atomic E-state index is 13.2. The summed E-state index contributed by atoms with van der Waals surface area (Å²) in [4.78, 5) is 20.4. The number of rotatable bonds is 6. The molecule has 1 aliphatic heterocycles. The van der Waals surface area contributed by atoms with Crippen molar-refractivity contribution in [3.63, 3.8) is 0 Å². The van der Waals surface area contributed by atoms with Crippen molar-refractivity contribution in [3.05, 3.63) is 63.6 Å². The molecule has 0 atom stereocenters. The van der Waals surface area contributed by atoms with E-state index in [-0.39, 0.29) is 5.91 Å². The van der Waals surface area contributed by atoms with Gasteiger partial charge >= 0.3 is 0 Å². The predicted octanol–water partition coefficient (Wildman–Crippen LogP) is 4.97. The van der Waals surface area contributed by atoms with Crippen molar-refractivity contribution in [2.24, 2.45) is 0 Å². The zero-order chi connectivity index (χ0) is 21.8. The second-order valence-corrected chi connectivity index (χ2v) is 8.51. The largest absolute Gasteiger partial charge is 0.379 e. The summed E-state index contributed by atoms with van der Waals surface area (Å²) in [5, 5.41) is 5.00. The number of benzene rings is 2. The maximum Gasteiger partial charge on any atom is 0.252 e. The second-order valence-electron chi connectivity index (χ2n) is 7.67. The van der Waals surface area contributed by atoms with Gasteiger partial charge in [0.25, 0.3) is 5.91 Å². The molecule has 0 radical (unpaired) electrons. The standard InChI is InChI=1S/C24H25Cl2N3O2/c1-16-22(24(30)27-9-4-10-29-11-13-31-14-12-29)19-5-2-3-6-21(19)28-23(16)18-8-7-17(25)15-20(18)26/h2-3,5-8,15H,4,9-14H2,1H3,(H,27,30). The summed E-state index contributed by atoms with van der Waals surface area (Å²) in [5.41, 5.74) is 3.65.